The summed E-state index contributed by atoms with van der Waals surface area (Å²) in [6.07, 6.45) is 2.17. The summed E-state index contributed by atoms with van der Waals surface area (Å²) in [5.74, 6) is -2.45. The summed E-state index contributed by atoms with van der Waals surface area (Å²) in [5.41, 5.74) is -0.0259. The average Bonchev–Trinajstić information content (AvgIpc) is 2.81. The number of amides is 1. The number of rotatable bonds is 9. The second-order valence-electron chi connectivity index (χ2n) is 7.88. The van der Waals surface area contributed by atoms with Gasteiger partial charge in [0.2, 0.25) is 15.9 Å². The smallest absolute Gasteiger partial charge is 0.243 e. The van der Waals surface area contributed by atoms with E-state index in [1.54, 1.807) is 7.11 Å². The second kappa shape index (κ2) is 10.5. The van der Waals surface area contributed by atoms with Crippen LogP contribution in [0.5, 0.6) is 0 Å². The maximum Gasteiger partial charge on any atom is 0.243 e. The summed E-state index contributed by atoms with van der Waals surface area (Å²) in [5, 5.41) is 3.00. The van der Waals surface area contributed by atoms with Crippen LogP contribution in [-0.2, 0) is 25.0 Å². The Kier molecular flexibility index (Phi) is 7.97. The zero-order valence-electron chi connectivity index (χ0n) is 18.0. The number of carbonyl (C=O) groups is 1. The van der Waals surface area contributed by atoms with Crippen molar-refractivity contribution in [2.75, 3.05) is 33.4 Å². The number of sulfonamides is 1. The highest BCUT2D eigenvalue weighted by Gasteiger charge is 2.45. The average molecular weight is 467 g/mol. The van der Waals surface area contributed by atoms with Crippen molar-refractivity contribution in [3.63, 3.8) is 0 Å². The van der Waals surface area contributed by atoms with E-state index in [-0.39, 0.29) is 36.7 Å². The lowest BCUT2D eigenvalue weighted by Crippen LogP contribution is -2.52. The lowest BCUT2D eigenvalue weighted by atomic mass is 9.72. The SMILES string of the molecule is COCCCCNC(=O)C1(c2ccccc2)CCN(S(=O)(=O)c2ccc(F)c(F)c2)CC1. The first-order valence-corrected chi connectivity index (χ1v) is 12.0. The van der Waals surface area contributed by atoms with E-state index >= 15 is 0 Å². The molecule has 2 aromatic carbocycles. The Morgan fingerprint density at radius 3 is 2.38 bits per heavy atom. The number of methoxy groups -OCH3 is 1. The molecule has 0 aromatic heterocycles. The van der Waals surface area contributed by atoms with E-state index in [1.165, 1.54) is 4.31 Å². The molecule has 1 N–H and O–H groups in total. The van der Waals surface area contributed by atoms with Crippen LogP contribution < -0.4 is 5.32 Å². The number of halogens is 2. The lowest BCUT2D eigenvalue weighted by molar-refractivity contribution is -0.128. The topological polar surface area (TPSA) is 75.7 Å². The Morgan fingerprint density at radius 2 is 1.75 bits per heavy atom. The van der Waals surface area contributed by atoms with Crippen molar-refractivity contribution in [1.29, 1.82) is 0 Å². The molecule has 0 unspecified atom stereocenters. The minimum atomic E-state index is -4.01. The van der Waals surface area contributed by atoms with E-state index in [0.717, 1.165) is 30.5 Å². The summed E-state index contributed by atoms with van der Waals surface area (Å²) in [7, 11) is -2.38. The molecule has 3 rings (SSSR count). The van der Waals surface area contributed by atoms with Crippen LogP contribution >= 0.6 is 0 Å². The first-order valence-electron chi connectivity index (χ1n) is 10.6. The number of benzene rings is 2. The van der Waals surface area contributed by atoms with E-state index < -0.39 is 27.1 Å². The van der Waals surface area contributed by atoms with Gasteiger partial charge in [-0.1, -0.05) is 30.3 Å². The number of piperidine rings is 1. The predicted octanol–water partition coefficient (Wildman–Crippen LogP) is 3.23. The van der Waals surface area contributed by atoms with E-state index in [1.807, 2.05) is 30.3 Å². The van der Waals surface area contributed by atoms with Gasteiger partial charge in [-0.05, 0) is 49.4 Å². The Hall–Kier alpha value is -2.36. The molecule has 2 aromatic rings. The van der Waals surface area contributed by atoms with Gasteiger partial charge in [0, 0.05) is 33.4 Å². The molecule has 1 aliphatic rings. The third-order valence-corrected chi connectivity index (χ3v) is 7.82. The van der Waals surface area contributed by atoms with Gasteiger partial charge in [0.1, 0.15) is 0 Å². The number of hydrogen-bond donors (Lipinski definition) is 1. The Bertz CT molecular complexity index is 1020. The number of ether oxygens (including phenoxy) is 1. The van der Waals surface area contributed by atoms with Crippen LogP contribution in [0.4, 0.5) is 8.78 Å². The van der Waals surface area contributed by atoms with Gasteiger partial charge in [0.15, 0.2) is 11.6 Å². The van der Waals surface area contributed by atoms with Crippen molar-refractivity contribution in [2.24, 2.45) is 0 Å². The molecule has 0 aliphatic carbocycles. The first-order chi connectivity index (χ1) is 15.3. The number of unbranched alkanes of at least 4 members (excludes halogenated alkanes) is 1. The van der Waals surface area contributed by atoms with E-state index in [4.69, 9.17) is 4.74 Å². The summed E-state index contributed by atoms with van der Waals surface area (Å²) in [4.78, 5) is 13.0. The largest absolute Gasteiger partial charge is 0.385 e. The molecule has 0 bridgehead atoms. The zero-order valence-corrected chi connectivity index (χ0v) is 18.8. The summed E-state index contributed by atoms with van der Waals surface area (Å²) >= 11 is 0. The van der Waals surface area contributed by atoms with Gasteiger partial charge in [-0.3, -0.25) is 4.79 Å². The molecule has 1 saturated heterocycles. The molecule has 0 radical (unpaired) electrons. The number of carbonyl (C=O) groups excluding carboxylic acids is 1. The monoisotopic (exact) mass is 466 g/mol. The van der Waals surface area contributed by atoms with Crippen LogP contribution in [0.2, 0.25) is 0 Å². The summed E-state index contributed by atoms with van der Waals surface area (Å²) < 4.78 is 59.0. The van der Waals surface area contributed by atoms with Crippen LogP contribution in [-0.4, -0.2) is 52.0 Å². The van der Waals surface area contributed by atoms with Crippen molar-refractivity contribution in [1.82, 2.24) is 9.62 Å². The standard InChI is InChI=1S/C23H28F2N2O4S/c1-31-16-6-5-13-26-22(28)23(18-7-3-2-4-8-18)11-14-27(15-12-23)32(29,30)19-9-10-20(24)21(25)17-19/h2-4,7-10,17H,5-6,11-16H2,1H3,(H,26,28). The Labute approximate surface area is 187 Å². The first kappa shape index (κ1) is 24.3. The molecular weight excluding hydrogens is 438 g/mol. The molecule has 1 amide bonds. The molecule has 9 heteroatoms. The highest BCUT2D eigenvalue weighted by molar-refractivity contribution is 7.89. The van der Waals surface area contributed by atoms with E-state index in [2.05, 4.69) is 5.32 Å². The van der Waals surface area contributed by atoms with Gasteiger partial charge in [-0.15, -0.1) is 0 Å². The van der Waals surface area contributed by atoms with Gasteiger partial charge in [-0.25, -0.2) is 17.2 Å². The van der Waals surface area contributed by atoms with Crippen molar-refractivity contribution < 1.29 is 26.7 Å². The van der Waals surface area contributed by atoms with E-state index in [9.17, 15) is 22.0 Å². The minimum absolute atomic E-state index is 0.0906. The molecule has 32 heavy (non-hydrogen) atoms. The summed E-state index contributed by atoms with van der Waals surface area (Å²) in [6, 6.07) is 11.9. The minimum Gasteiger partial charge on any atom is -0.385 e. The lowest BCUT2D eigenvalue weighted by Gasteiger charge is -2.40. The van der Waals surface area contributed by atoms with Gasteiger partial charge >= 0.3 is 0 Å². The molecular formula is C23H28F2N2O4S. The van der Waals surface area contributed by atoms with Gasteiger partial charge < -0.3 is 10.1 Å². The molecule has 0 saturated carbocycles. The fourth-order valence-corrected chi connectivity index (χ4v) is 5.50. The van der Waals surface area contributed by atoms with Gasteiger partial charge in [-0.2, -0.15) is 4.31 Å². The molecule has 1 heterocycles. The van der Waals surface area contributed by atoms with Crippen LogP contribution in [0.1, 0.15) is 31.2 Å². The van der Waals surface area contributed by atoms with Crippen LogP contribution in [0, 0.1) is 11.6 Å². The highest BCUT2D eigenvalue weighted by Crippen LogP contribution is 2.37. The number of nitrogens with one attached hydrogen (secondary N) is 1. The van der Waals surface area contributed by atoms with Crippen molar-refractivity contribution in [2.45, 2.75) is 36.0 Å². The molecule has 0 atom stereocenters. The van der Waals surface area contributed by atoms with Crippen LogP contribution in [0.3, 0.4) is 0 Å². The number of hydrogen-bond acceptors (Lipinski definition) is 4. The second-order valence-corrected chi connectivity index (χ2v) is 9.82. The predicted molar refractivity (Wildman–Crippen MR) is 117 cm³/mol. The maximum atomic E-state index is 13.6. The van der Waals surface area contributed by atoms with Gasteiger partial charge in [0.25, 0.3) is 0 Å². The Morgan fingerprint density at radius 1 is 1.06 bits per heavy atom. The normalized spacial score (nSPS) is 16.6. The molecule has 1 fully saturated rings. The quantitative estimate of drug-likeness (QED) is 0.576. The fourth-order valence-electron chi connectivity index (χ4n) is 4.04. The summed E-state index contributed by atoms with van der Waals surface area (Å²) in [6.45, 7) is 1.31. The molecule has 174 valence electrons. The van der Waals surface area contributed by atoms with Crippen molar-refractivity contribution in [3.8, 4) is 0 Å². The maximum absolute atomic E-state index is 13.6. The van der Waals surface area contributed by atoms with Crippen molar-refractivity contribution >= 4 is 15.9 Å². The highest BCUT2D eigenvalue weighted by atomic mass is 32.2. The van der Waals surface area contributed by atoms with Gasteiger partial charge in [0.05, 0.1) is 10.3 Å². The number of nitrogens with zero attached hydrogens (tertiary/aromatic N) is 1. The molecule has 0 spiro atoms. The zero-order chi connectivity index (χ0) is 23.2. The third-order valence-electron chi connectivity index (χ3n) is 5.93. The van der Waals surface area contributed by atoms with Crippen LogP contribution in [0.25, 0.3) is 0 Å². The van der Waals surface area contributed by atoms with Crippen LogP contribution in [0.15, 0.2) is 53.4 Å². The Balaban J connectivity index is 1.77. The third kappa shape index (κ3) is 5.16. The van der Waals surface area contributed by atoms with E-state index in [0.29, 0.717) is 19.2 Å². The molecule has 1 aliphatic heterocycles. The van der Waals surface area contributed by atoms with Crippen molar-refractivity contribution in [3.05, 3.63) is 65.7 Å². The fraction of sp³-hybridized carbons (Fsp3) is 0.435. The molecule has 6 nitrogen and oxygen atoms in total.